The number of nitrogens with zero attached hydrogens (tertiary/aromatic N) is 1. The van der Waals surface area contributed by atoms with Crippen LogP contribution in [0.1, 0.15) is 6.42 Å². The van der Waals surface area contributed by atoms with Crippen LogP contribution in [-0.2, 0) is 9.59 Å². The molecule has 1 rings (SSSR count). The third-order valence-electron chi connectivity index (χ3n) is 2.54. The van der Waals surface area contributed by atoms with Gasteiger partial charge in [-0.2, -0.15) is 0 Å². The van der Waals surface area contributed by atoms with Gasteiger partial charge in [-0.15, -0.1) is 12.4 Å². The molecule has 0 unspecified atom stereocenters. The van der Waals surface area contributed by atoms with E-state index in [-0.39, 0.29) is 37.0 Å². The van der Waals surface area contributed by atoms with Crippen molar-refractivity contribution in [3.8, 4) is 0 Å². The molecule has 1 aromatic carbocycles. The zero-order valence-electron chi connectivity index (χ0n) is 11.8. The molecule has 21 heavy (non-hydrogen) atoms. The van der Waals surface area contributed by atoms with Crippen molar-refractivity contribution in [1.82, 2.24) is 10.2 Å². The minimum atomic E-state index is -0.779. The molecule has 0 aromatic heterocycles. The molecular weight excluding hydrogens is 304 g/mol. The highest BCUT2D eigenvalue weighted by atomic mass is 35.5. The number of benzene rings is 1. The second-order valence-electron chi connectivity index (χ2n) is 4.31. The lowest BCUT2D eigenvalue weighted by molar-refractivity contribution is -0.133. The van der Waals surface area contributed by atoms with Crippen molar-refractivity contribution in [1.29, 1.82) is 0 Å². The largest absolute Gasteiger partial charge is 0.336 e. The third kappa shape index (κ3) is 7.01. The summed E-state index contributed by atoms with van der Waals surface area (Å²) in [6.45, 7) is 0.334. The van der Waals surface area contributed by atoms with Crippen molar-refractivity contribution in [2.75, 3.05) is 32.5 Å². The smallest absolute Gasteiger partial charge is 0.243 e. The van der Waals surface area contributed by atoms with E-state index < -0.39 is 17.5 Å². The molecule has 2 amide bonds. The molecule has 0 spiro atoms. The summed E-state index contributed by atoms with van der Waals surface area (Å²) in [6, 6.07) is 2.72. The van der Waals surface area contributed by atoms with E-state index in [0.29, 0.717) is 12.6 Å². The zero-order chi connectivity index (χ0) is 15.1. The highest BCUT2D eigenvalue weighted by molar-refractivity contribution is 5.94. The van der Waals surface area contributed by atoms with Crippen LogP contribution < -0.4 is 10.6 Å². The normalized spacial score (nSPS) is 9.71. The van der Waals surface area contributed by atoms with Crippen LogP contribution in [-0.4, -0.2) is 43.9 Å². The predicted molar refractivity (Wildman–Crippen MR) is 78.4 cm³/mol. The number of anilines is 1. The molecule has 0 bridgehead atoms. The van der Waals surface area contributed by atoms with Gasteiger partial charge in [0.25, 0.3) is 0 Å². The van der Waals surface area contributed by atoms with Crippen LogP contribution in [0.3, 0.4) is 0 Å². The number of hydrogen-bond donors (Lipinski definition) is 2. The Labute approximate surface area is 128 Å². The summed E-state index contributed by atoms with van der Waals surface area (Å²) in [5, 5.41) is 5.16. The van der Waals surface area contributed by atoms with E-state index in [1.54, 1.807) is 7.05 Å². The lowest BCUT2D eigenvalue weighted by Crippen LogP contribution is -2.36. The molecule has 0 aliphatic rings. The van der Waals surface area contributed by atoms with Crippen LogP contribution in [0.5, 0.6) is 0 Å². The molecule has 0 heterocycles. The first kappa shape index (κ1) is 19.3. The van der Waals surface area contributed by atoms with Crippen LogP contribution in [0.2, 0.25) is 0 Å². The van der Waals surface area contributed by atoms with Crippen molar-refractivity contribution in [3.05, 3.63) is 29.8 Å². The summed E-state index contributed by atoms with van der Waals surface area (Å²) < 4.78 is 25.9. The first-order valence-corrected chi connectivity index (χ1v) is 6.07. The fraction of sp³-hybridized carbons (Fsp3) is 0.385. The summed E-state index contributed by atoms with van der Waals surface area (Å²) in [6.07, 6.45) is 0.273. The summed E-state index contributed by atoms with van der Waals surface area (Å²) in [7, 11) is 3.21. The van der Waals surface area contributed by atoms with E-state index in [1.165, 1.54) is 11.9 Å². The topological polar surface area (TPSA) is 61.4 Å². The van der Waals surface area contributed by atoms with Crippen molar-refractivity contribution in [2.45, 2.75) is 6.42 Å². The van der Waals surface area contributed by atoms with E-state index in [9.17, 15) is 18.4 Å². The van der Waals surface area contributed by atoms with Crippen LogP contribution in [0.15, 0.2) is 18.2 Å². The molecule has 0 fully saturated rings. The highest BCUT2D eigenvalue weighted by Gasteiger charge is 2.13. The molecule has 5 nitrogen and oxygen atoms in total. The van der Waals surface area contributed by atoms with Gasteiger partial charge in [0.1, 0.15) is 11.6 Å². The van der Waals surface area contributed by atoms with E-state index in [4.69, 9.17) is 0 Å². The number of amides is 2. The average molecular weight is 322 g/mol. The second-order valence-corrected chi connectivity index (χ2v) is 4.31. The Morgan fingerprint density at radius 3 is 2.29 bits per heavy atom. The van der Waals surface area contributed by atoms with Gasteiger partial charge in [0.2, 0.25) is 11.8 Å². The SMILES string of the molecule is CNCCC(=O)N(C)CC(=O)Nc1cc(F)cc(F)c1.Cl. The van der Waals surface area contributed by atoms with Gasteiger partial charge >= 0.3 is 0 Å². The van der Waals surface area contributed by atoms with Gasteiger partial charge in [0.05, 0.1) is 6.54 Å². The maximum atomic E-state index is 12.9. The van der Waals surface area contributed by atoms with Crippen molar-refractivity contribution in [2.24, 2.45) is 0 Å². The Balaban J connectivity index is 0.00000400. The molecular formula is C13H18ClF2N3O2. The minimum absolute atomic E-state index is 0. The van der Waals surface area contributed by atoms with E-state index in [1.807, 2.05) is 0 Å². The molecule has 118 valence electrons. The summed E-state index contributed by atoms with van der Waals surface area (Å²) >= 11 is 0. The monoisotopic (exact) mass is 321 g/mol. The Morgan fingerprint density at radius 1 is 1.19 bits per heavy atom. The van der Waals surface area contributed by atoms with Crippen LogP contribution >= 0.6 is 12.4 Å². The molecule has 0 saturated carbocycles. The van der Waals surface area contributed by atoms with Gasteiger partial charge in [-0.05, 0) is 19.2 Å². The first-order chi connectivity index (χ1) is 9.42. The number of carbonyl (C=O) groups is 2. The fourth-order valence-corrected chi connectivity index (χ4v) is 1.55. The predicted octanol–water partition coefficient (Wildman–Crippen LogP) is 1.39. The van der Waals surface area contributed by atoms with Gasteiger partial charge in [0.15, 0.2) is 0 Å². The van der Waals surface area contributed by atoms with Crippen LogP contribution in [0, 0.1) is 11.6 Å². The lowest BCUT2D eigenvalue weighted by atomic mass is 10.3. The van der Waals surface area contributed by atoms with Crippen LogP contribution in [0.4, 0.5) is 14.5 Å². The van der Waals surface area contributed by atoms with Gasteiger partial charge in [-0.1, -0.05) is 0 Å². The van der Waals surface area contributed by atoms with Crippen molar-refractivity contribution >= 4 is 29.9 Å². The molecule has 0 saturated heterocycles. The Kier molecular flexibility index (Phi) is 8.49. The van der Waals surface area contributed by atoms with Crippen molar-refractivity contribution < 1.29 is 18.4 Å². The van der Waals surface area contributed by atoms with Gasteiger partial charge in [-0.25, -0.2) is 8.78 Å². The van der Waals surface area contributed by atoms with Crippen LogP contribution in [0.25, 0.3) is 0 Å². The molecule has 0 atom stereocenters. The Hall–Kier alpha value is -1.73. The highest BCUT2D eigenvalue weighted by Crippen LogP contribution is 2.12. The molecule has 0 aliphatic carbocycles. The number of likely N-dealkylation sites (N-methyl/N-ethyl adjacent to an activating group) is 1. The summed E-state index contributed by atoms with van der Waals surface area (Å²) in [4.78, 5) is 24.5. The number of hydrogen-bond acceptors (Lipinski definition) is 3. The molecule has 0 radical (unpaired) electrons. The van der Waals surface area contributed by atoms with Gasteiger partial charge < -0.3 is 15.5 Å². The van der Waals surface area contributed by atoms with Gasteiger partial charge in [-0.3, -0.25) is 9.59 Å². The molecule has 0 aliphatic heterocycles. The van der Waals surface area contributed by atoms with Crippen molar-refractivity contribution in [3.63, 3.8) is 0 Å². The maximum absolute atomic E-state index is 12.9. The summed E-state index contributed by atoms with van der Waals surface area (Å²) in [5.41, 5.74) is 0.0172. The molecule has 1 aromatic rings. The zero-order valence-corrected chi connectivity index (χ0v) is 12.6. The minimum Gasteiger partial charge on any atom is -0.336 e. The van der Waals surface area contributed by atoms with Gasteiger partial charge in [0, 0.05) is 31.8 Å². The fourth-order valence-electron chi connectivity index (χ4n) is 1.55. The lowest BCUT2D eigenvalue weighted by Gasteiger charge is -2.16. The second kappa shape index (κ2) is 9.25. The quantitative estimate of drug-likeness (QED) is 0.832. The Bertz CT molecular complexity index is 480. The first-order valence-electron chi connectivity index (χ1n) is 6.07. The Morgan fingerprint density at radius 2 is 1.76 bits per heavy atom. The van der Waals surface area contributed by atoms with E-state index in [2.05, 4.69) is 10.6 Å². The molecule has 2 N–H and O–H groups in total. The van der Waals surface area contributed by atoms with E-state index in [0.717, 1.165) is 12.1 Å². The maximum Gasteiger partial charge on any atom is 0.243 e. The van der Waals surface area contributed by atoms with E-state index >= 15 is 0 Å². The number of carbonyl (C=O) groups excluding carboxylic acids is 2. The number of nitrogens with one attached hydrogen (secondary N) is 2. The third-order valence-corrected chi connectivity index (χ3v) is 2.54. The number of halogens is 3. The number of rotatable bonds is 6. The summed E-state index contributed by atoms with van der Waals surface area (Å²) in [5.74, 6) is -2.27. The average Bonchev–Trinajstić information content (AvgIpc) is 2.34. The molecule has 8 heteroatoms. The standard InChI is InChI=1S/C13H17F2N3O2.ClH/c1-16-4-3-13(20)18(2)8-12(19)17-11-6-9(14)5-10(15)7-11;/h5-7,16H,3-4,8H2,1-2H3,(H,17,19);1H.